The maximum absolute atomic E-state index is 5.67. The lowest BCUT2D eigenvalue weighted by molar-refractivity contribution is 0.0702. The van der Waals surface area contributed by atoms with Gasteiger partial charge in [0.25, 0.3) is 0 Å². The van der Waals surface area contributed by atoms with Crippen molar-refractivity contribution < 1.29 is 9.47 Å². The number of rotatable bonds is 10. The molecule has 0 spiro atoms. The largest absolute Gasteiger partial charge is 0.382 e. The van der Waals surface area contributed by atoms with E-state index >= 15 is 0 Å². The normalized spacial score (nSPS) is 21.7. The number of ether oxygens (including phenoxy) is 2. The van der Waals surface area contributed by atoms with Crippen LogP contribution in [0.1, 0.15) is 33.1 Å². The van der Waals surface area contributed by atoms with E-state index < -0.39 is 0 Å². The van der Waals surface area contributed by atoms with E-state index in [1.54, 1.807) is 0 Å². The Hall–Kier alpha value is -0.160. The maximum atomic E-state index is 5.67. The lowest BCUT2D eigenvalue weighted by Gasteiger charge is -2.27. The first-order valence-electron chi connectivity index (χ1n) is 7.34. The third-order valence-corrected chi connectivity index (χ3v) is 3.55. The van der Waals surface area contributed by atoms with Gasteiger partial charge in [-0.25, -0.2) is 0 Å². The molecule has 1 fully saturated rings. The highest BCUT2D eigenvalue weighted by atomic mass is 16.5. The van der Waals surface area contributed by atoms with Crippen molar-refractivity contribution in [3.05, 3.63) is 0 Å². The molecule has 0 amide bonds. The minimum atomic E-state index is 0.454. The van der Waals surface area contributed by atoms with Crippen LogP contribution in [-0.4, -0.2) is 63.5 Å². The van der Waals surface area contributed by atoms with Crippen molar-refractivity contribution in [1.29, 1.82) is 0 Å². The molecule has 1 N–H and O–H groups in total. The molecular weight excluding hydrogens is 228 g/mol. The fraction of sp³-hybridized carbons (Fsp3) is 1.00. The van der Waals surface area contributed by atoms with Crippen molar-refractivity contribution in [2.45, 2.75) is 45.3 Å². The summed E-state index contributed by atoms with van der Waals surface area (Å²) in [6, 6.07) is 0.557. The first kappa shape index (κ1) is 15.9. The fourth-order valence-electron chi connectivity index (χ4n) is 2.20. The molecule has 1 saturated heterocycles. The van der Waals surface area contributed by atoms with Gasteiger partial charge in [-0.3, -0.25) is 4.90 Å². The van der Waals surface area contributed by atoms with E-state index in [1.807, 2.05) is 6.92 Å². The quantitative estimate of drug-likeness (QED) is 0.602. The van der Waals surface area contributed by atoms with Crippen LogP contribution < -0.4 is 5.32 Å². The summed E-state index contributed by atoms with van der Waals surface area (Å²) in [6.07, 6.45) is 3.99. The van der Waals surface area contributed by atoms with Crippen molar-refractivity contribution in [1.82, 2.24) is 10.2 Å². The Labute approximate surface area is 112 Å². The van der Waals surface area contributed by atoms with E-state index in [2.05, 4.69) is 24.2 Å². The molecule has 0 aromatic carbocycles. The number of likely N-dealkylation sites (N-methyl/N-ethyl adjacent to an activating group) is 1. The van der Waals surface area contributed by atoms with E-state index in [0.717, 1.165) is 45.9 Å². The summed E-state index contributed by atoms with van der Waals surface area (Å²) in [5, 5.41) is 3.49. The van der Waals surface area contributed by atoms with Crippen LogP contribution >= 0.6 is 0 Å². The Morgan fingerprint density at radius 2 is 2.33 bits per heavy atom. The van der Waals surface area contributed by atoms with Gasteiger partial charge < -0.3 is 14.8 Å². The lowest BCUT2D eigenvalue weighted by atomic mass is 10.2. The van der Waals surface area contributed by atoms with Crippen LogP contribution in [0.4, 0.5) is 0 Å². The third kappa shape index (κ3) is 6.69. The molecule has 18 heavy (non-hydrogen) atoms. The molecule has 1 heterocycles. The SMILES string of the molecule is CCOCCCNCC(C)N(C)CC1CCCO1. The Morgan fingerprint density at radius 1 is 1.50 bits per heavy atom. The van der Waals surface area contributed by atoms with Crippen LogP contribution in [0.2, 0.25) is 0 Å². The minimum absolute atomic E-state index is 0.454. The summed E-state index contributed by atoms with van der Waals surface area (Å²) < 4.78 is 11.0. The molecule has 0 aromatic heterocycles. The van der Waals surface area contributed by atoms with E-state index in [9.17, 15) is 0 Å². The van der Waals surface area contributed by atoms with Gasteiger partial charge in [0.1, 0.15) is 0 Å². The molecule has 4 heteroatoms. The van der Waals surface area contributed by atoms with Crippen LogP contribution in [-0.2, 0) is 9.47 Å². The smallest absolute Gasteiger partial charge is 0.0702 e. The highest BCUT2D eigenvalue weighted by molar-refractivity contribution is 4.73. The molecule has 1 rings (SSSR count). The van der Waals surface area contributed by atoms with Crippen LogP contribution in [0.25, 0.3) is 0 Å². The monoisotopic (exact) mass is 258 g/mol. The van der Waals surface area contributed by atoms with Crippen LogP contribution in [0, 0.1) is 0 Å². The molecule has 0 saturated carbocycles. The highest BCUT2D eigenvalue weighted by Crippen LogP contribution is 2.13. The number of nitrogens with one attached hydrogen (secondary N) is 1. The third-order valence-electron chi connectivity index (χ3n) is 3.55. The fourth-order valence-corrected chi connectivity index (χ4v) is 2.20. The summed E-state index contributed by atoms with van der Waals surface area (Å²) >= 11 is 0. The van der Waals surface area contributed by atoms with Gasteiger partial charge >= 0.3 is 0 Å². The van der Waals surface area contributed by atoms with Crippen molar-refractivity contribution in [2.75, 3.05) is 46.5 Å². The second kappa shape index (κ2) is 9.73. The maximum Gasteiger partial charge on any atom is 0.0702 e. The molecule has 0 bridgehead atoms. The molecular formula is C14H30N2O2. The summed E-state index contributed by atoms with van der Waals surface area (Å²) in [4.78, 5) is 2.39. The molecule has 4 nitrogen and oxygen atoms in total. The molecule has 108 valence electrons. The molecule has 1 aliphatic rings. The summed E-state index contributed by atoms with van der Waals surface area (Å²) in [6.45, 7) is 10.1. The van der Waals surface area contributed by atoms with Gasteiger partial charge in [0.05, 0.1) is 6.10 Å². The first-order valence-corrected chi connectivity index (χ1v) is 7.34. The number of nitrogens with zero attached hydrogens (tertiary/aromatic N) is 1. The van der Waals surface area contributed by atoms with Crippen LogP contribution in [0.3, 0.4) is 0 Å². The Kier molecular flexibility index (Phi) is 8.59. The van der Waals surface area contributed by atoms with E-state index in [4.69, 9.17) is 9.47 Å². The van der Waals surface area contributed by atoms with Gasteiger partial charge in [-0.15, -0.1) is 0 Å². The van der Waals surface area contributed by atoms with E-state index in [1.165, 1.54) is 12.8 Å². The standard InChI is InChI=1S/C14H30N2O2/c1-4-17-9-6-8-15-11-13(2)16(3)12-14-7-5-10-18-14/h13-15H,4-12H2,1-3H3. The zero-order valence-corrected chi connectivity index (χ0v) is 12.3. The Balaban J connectivity index is 1.98. The van der Waals surface area contributed by atoms with Crippen molar-refractivity contribution in [3.8, 4) is 0 Å². The zero-order valence-electron chi connectivity index (χ0n) is 12.3. The van der Waals surface area contributed by atoms with Gasteiger partial charge in [0, 0.05) is 39.0 Å². The minimum Gasteiger partial charge on any atom is -0.382 e. The van der Waals surface area contributed by atoms with Gasteiger partial charge in [-0.05, 0) is 46.7 Å². The average molecular weight is 258 g/mol. The Bertz CT molecular complexity index is 196. The van der Waals surface area contributed by atoms with Gasteiger partial charge in [-0.2, -0.15) is 0 Å². The van der Waals surface area contributed by atoms with Gasteiger partial charge in [0.15, 0.2) is 0 Å². The highest BCUT2D eigenvalue weighted by Gasteiger charge is 2.19. The molecule has 0 aromatic rings. The summed E-state index contributed by atoms with van der Waals surface area (Å²) in [5.74, 6) is 0. The number of hydrogen-bond acceptors (Lipinski definition) is 4. The van der Waals surface area contributed by atoms with Crippen molar-refractivity contribution >= 4 is 0 Å². The topological polar surface area (TPSA) is 33.7 Å². The summed E-state index contributed by atoms with van der Waals surface area (Å²) in [5.41, 5.74) is 0. The van der Waals surface area contributed by atoms with E-state index in [-0.39, 0.29) is 0 Å². The molecule has 1 aliphatic heterocycles. The predicted octanol–water partition coefficient (Wildman–Crippen LogP) is 1.50. The second-order valence-electron chi connectivity index (χ2n) is 5.18. The molecule has 0 aliphatic carbocycles. The lowest BCUT2D eigenvalue weighted by Crippen LogP contribution is -2.41. The van der Waals surface area contributed by atoms with Gasteiger partial charge in [-0.1, -0.05) is 0 Å². The van der Waals surface area contributed by atoms with Crippen LogP contribution in [0.15, 0.2) is 0 Å². The molecule has 0 radical (unpaired) electrons. The van der Waals surface area contributed by atoms with Crippen molar-refractivity contribution in [3.63, 3.8) is 0 Å². The van der Waals surface area contributed by atoms with Gasteiger partial charge in [0.2, 0.25) is 0 Å². The van der Waals surface area contributed by atoms with Crippen molar-refractivity contribution in [2.24, 2.45) is 0 Å². The molecule has 2 unspecified atom stereocenters. The zero-order chi connectivity index (χ0) is 13.2. The second-order valence-corrected chi connectivity index (χ2v) is 5.18. The van der Waals surface area contributed by atoms with Crippen LogP contribution in [0.5, 0.6) is 0 Å². The molecule has 2 atom stereocenters. The summed E-state index contributed by atoms with van der Waals surface area (Å²) in [7, 11) is 2.19. The Morgan fingerprint density at radius 3 is 3.00 bits per heavy atom. The number of hydrogen-bond donors (Lipinski definition) is 1. The average Bonchev–Trinajstić information content (AvgIpc) is 2.86. The van der Waals surface area contributed by atoms with E-state index in [0.29, 0.717) is 12.1 Å². The first-order chi connectivity index (χ1) is 8.74. The predicted molar refractivity (Wildman–Crippen MR) is 75.0 cm³/mol.